The van der Waals surface area contributed by atoms with Gasteiger partial charge in [0.25, 0.3) is 0 Å². The van der Waals surface area contributed by atoms with Gasteiger partial charge in [0, 0.05) is 31.9 Å². The molecule has 3 rings (SSSR count). The van der Waals surface area contributed by atoms with E-state index in [1.807, 2.05) is 12.1 Å². The smallest absolute Gasteiger partial charge is 0.128 e. The molecule has 1 fully saturated rings. The third-order valence-corrected chi connectivity index (χ3v) is 3.68. The summed E-state index contributed by atoms with van der Waals surface area (Å²) in [5.74, 6) is 0.902. The van der Waals surface area contributed by atoms with Crippen molar-refractivity contribution in [2.24, 2.45) is 0 Å². The molecule has 0 aromatic heterocycles. The molecule has 0 unspecified atom stereocenters. The molecule has 86 valence electrons. The summed E-state index contributed by atoms with van der Waals surface area (Å²) in [7, 11) is 1.69. The monoisotopic (exact) mass is 220 g/mol. The number of hydrogen-bond acceptors (Lipinski definition) is 3. The molecule has 3 heteroatoms. The molecule has 0 saturated heterocycles. The van der Waals surface area contributed by atoms with Crippen LogP contribution < -0.4 is 4.74 Å². The first-order chi connectivity index (χ1) is 7.73. The van der Waals surface area contributed by atoms with Gasteiger partial charge in [-0.15, -0.1) is 0 Å². The van der Waals surface area contributed by atoms with E-state index in [9.17, 15) is 5.11 Å². The first-order valence-electron chi connectivity index (χ1n) is 5.73. The van der Waals surface area contributed by atoms with Crippen molar-refractivity contribution in [1.29, 1.82) is 0 Å². The van der Waals surface area contributed by atoms with Crippen LogP contribution in [0.1, 0.15) is 24.0 Å². The molecule has 2 aliphatic rings. The summed E-state index contributed by atoms with van der Waals surface area (Å²) in [5.41, 5.74) is 1.42. The summed E-state index contributed by atoms with van der Waals surface area (Å²) in [6.07, 6.45) is 2.47. The minimum Gasteiger partial charge on any atom is -0.493 e. The van der Waals surface area contributed by atoms with E-state index in [4.69, 9.17) is 9.47 Å². The largest absolute Gasteiger partial charge is 0.493 e. The lowest BCUT2D eigenvalue weighted by atomic mass is 9.72. The Balaban J connectivity index is 1.93. The highest BCUT2D eigenvalue weighted by atomic mass is 16.5. The Labute approximate surface area is 95.0 Å². The molecule has 0 bridgehead atoms. The van der Waals surface area contributed by atoms with Gasteiger partial charge >= 0.3 is 0 Å². The van der Waals surface area contributed by atoms with Crippen LogP contribution in [-0.4, -0.2) is 24.9 Å². The summed E-state index contributed by atoms with van der Waals surface area (Å²) in [6.45, 7) is 0.732. The molecule has 0 radical (unpaired) electrons. The highest BCUT2D eigenvalue weighted by Crippen LogP contribution is 2.47. The molecule has 1 aliphatic carbocycles. The van der Waals surface area contributed by atoms with Crippen molar-refractivity contribution in [1.82, 2.24) is 0 Å². The van der Waals surface area contributed by atoms with Gasteiger partial charge in [0.2, 0.25) is 0 Å². The maximum absolute atomic E-state index is 10.5. The predicted molar refractivity (Wildman–Crippen MR) is 59.6 cm³/mol. The molecule has 1 aromatic rings. The molecule has 0 atom stereocenters. The maximum Gasteiger partial charge on any atom is 0.128 e. The summed E-state index contributed by atoms with van der Waals surface area (Å²) < 4.78 is 10.8. The van der Waals surface area contributed by atoms with Crippen molar-refractivity contribution in [3.63, 3.8) is 0 Å². The van der Waals surface area contributed by atoms with Gasteiger partial charge in [-0.05, 0) is 5.56 Å². The zero-order valence-corrected chi connectivity index (χ0v) is 9.40. The molecule has 1 heterocycles. The lowest BCUT2D eigenvalue weighted by molar-refractivity contribution is -0.133. The number of hydrogen-bond donors (Lipinski definition) is 1. The minimum atomic E-state index is -0.740. The summed E-state index contributed by atoms with van der Waals surface area (Å²) in [6, 6.07) is 6.04. The lowest BCUT2D eigenvalue weighted by Gasteiger charge is -2.43. The van der Waals surface area contributed by atoms with E-state index < -0.39 is 5.60 Å². The first-order valence-corrected chi connectivity index (χ1v) is 5.73. The zero-order valence-electron chi connectivity index (χ0n) is 9.40. The van der Waals surface area contributed by atoms with E-state index in [-0.39, 0.29) is 6.10 Å². The number of fused-ring (bicyclic) bond motifs is 1. The van der Waals surface area contributed by atoms with Gasteiger partial charge in [-0.25, -0.2) is 0 Å². The van der Waals surface area contributed by atoms with E-state index in [0.29, 0.717) is 12.8 Å². The summed E-state index contributed by atoms with van der Waals surface area (Å²) >= 11 is 0. The van der Waals surface area contributed by atoms with Crippen LogP contribution in [0.4, 0.5) is 0 Å². The van der Waals surface area contributed by atoms with Gasteiger partial charge in [0.05, 0.1) is 18.3 Å². The zero-order chi connectivity index (χ0) is 11.2. The normalized spacial score (nSPS) is 31.8. The molecule has 0 spiro atoms. The molecule has 3 nitrogen and oxygen atoms in total. The molecule has 1 saturated carbocycles. The van der Waals surface area contributed by atoms with Crippen molar-refractivity contribution in [2.75, 3.05) is 13.7 Å². The van der Waals surface area contributed by atoms with E-state index in [1.54, 1.807) is 7.11 Å². The van der Waals surface area contributed by atoms with Gasteiger partial charge in [-0.2, -0.15) is 0 Å². The van der Waals surface area contributed by atoms with E-state index >= 15 is 0 Å². The van der Waals surface area contributed by atoms with E-state index in [2.05, 4.69) is 6.07 Å². The SMILES string of the molecule is COC1CC(O)(c2cccc3c2OCC3)C1. The van der Waals surface area contributed by atoms with Crippen molar-refractivity contribution in [3.05, 3.63) is 29.3 Å². The Morgan fingerprint density at radius 1 is 1.44 bits per heavy atom. The number of benzene rings is 1. The van der Waals surface area contributed by atoms with E-state index in [1.165, 1.54) is 5.56 Å². The molecular weight excluding hydrogens is 204 g/mol. The number of methoxy groups -OCH3 is 1. The second-order valence-corrected chi connectivity index (χ2v) is 4.69. The average molecular weight is 220 g/mol. The maximum atomic E-state index is 10.5. The van der Waals surface area contributed by atoms with Crippen LogP contribution in [0.3, 0.4) is 0 Å². The average Bonchev–Trinajstić information content (AvgIpc) is 2.72. The fourth-order valence-corrected chi connectivity index (χ4v) is 2.66. The second kappa shape index (κ2) is 3.47. The third kappa shape index (κ3) is 1.35. The van der Waals surface area contributed by atoms with Gasteiger partial charge in [-0.1, -0.05) is 18.2 Å². The second-order valence-electron chi connectivity index (χ2n) is 4.69. The van der Waals surface area contributed by atoms with E-state index in [0.717, 1.165) is 24.3 Å². The Bertz CT molecular complexity index is 408. The minimum absolute atomic E-state index is 0.183. The van der Waals surface area contributed by atoms with Gasteiger partial charge in [0.15, 0.2) is 0 Å². The first kappa shape index (κ1) is 10.1. The van der Waals surface area contributed by atoms with Crippen molar-refractivity contribution in [3.8, 4) is 5.75 Å². The Kier molecular flexibility index (Phi) is 2.19. The summed E-state index contributed by atoms with van der Waals surface area (Å²) in [5, 5.41) is 10.5. The van der Waals surface area contributed by atoms with Crippen LogP contribution in [0.2, 0.25) is 0 Å². The number of rotatable bonds is 2. The fourth-order valence-electron chi connectivity index (χ4n) is 2.66. The standard InChI is InChI=1S/C13H16O3/c1-15-10-7-13(14,8-10)11-4-2-3-9-5-6-16-12(9)11/h2-4,10,14H,5-8H2,1H3. The fraction of sp³-hybridized carbons (Fsp3) is 0.538. The molecular formula is C13H16O3. The highest BCUT2D eigenvalue weighted by Gasteiger charge is 2.46. The quantitative estimate of drug-likeness (QED) is 0.823. The Hall–Kier alpha value is -1.06. The highest BCUT2D eigenvalue weighted by molar-refractivity contribution is 5.48. The Morgan fingerprint density at radius 2 is 2.25 bits per heavy atom. The van der Waals surface area contributed by atoms with Gasteiger partial charge < -0.3 is 14.6 Å². The van der Waals surface area contributed by atoms with Gasteiger partial charge in [0.1, 0.15) is 5.75 Å². The molecule has 1 aromatic carbocycles. The van der Waals surface area contributed by atoms with Crippen LogP contribution in [0.5, 0.6) is 5.75 Å². The topological polar surface area (TPSA) is 38.7 Å². The van der Waals surface area contributed by atoms with Crippen LogP contribution in [0.15, 0.2) is 18.2 Å². The summed E-state index contributed by atoms with van der Waals surface area (Å²) in [4.78, 5) is 0. The van der Waals surface area contributed by atoms with Crippen LogP contribution >= 0.6 is 0 Å². The Morgan fingerprint density at radius 3 is 3.00 bits per heavy atom. The van der Waals surface area contributed by atoms with Crippen molar-refractivity contribution >= 4 is 0 Å². The number of aliphatic hydroxyl groups is 1. The molecule has 0 amide bonds. The number of para-hydroxylation sites is 1. The lowest BCUT2D eigenvalue weighted by Crippen LogP contribution is -2.45. The van der Waals surface area contributed by atoms with Crippen molar-refractivity contribution < 1.29 is 14.6 Å². The third-order valence-electron chi connectivity index (χ3n) is 3.68. The van der Waals surface area contributed by atoms with Crippen LogP contribution in [-0.2, 0) is 16.8 Å². The number of ether oxygens (including phenoxy) is 2. The van der Waals surface area contributed by atoms with Gasteiger partial charge in [-0.3, -0.25) is 0 Å². The molecule has 1 aliphatic heterocycles. The van der Waals surface area contributed by atoms with Crippen LogP contribution in [0, 0.1) is 0 Å². The molecule has 16 heavy (non-hydrogen) atoms. The predicted octanol–water partition coefficient (Wildman–Crippen LogP) is 1.62. The molecule has 1 N–H and O–H groups in total. The van der Waals surface area contributed by atoms with Crippen LogP contribution in [0.25, 0.3) is 0 Å². The van der Waals surface area contributed by atoms with Crippen molar-refractivity contribution in [2.45, 2.75) is 31.0 Å².